The van der Waals surface area contributed by atoms with Gasteiger partial charge in [-0.15, -0.1) is 5.10 Å². The van der Waals surface area contributed by atoms with Crippen molar-refractivity contribution in [3.8, 4) is 40.3 Å². The van der Waals surface area contributed by atoms with E-state index in [0.29, 0.717) is 40.3 Å². The molecule has 0 unspecified atom stereocenters. The van der Waals surface area contributed by atoms with E-state index in [2.05, 4.69) is 10.1 Å². The highest BCUT2D eigenvalue weighted by molar-refractivity contribution is 5.69. The lowest BCUT2D eigenvalue weighted by atomic mass is 9.84. The van der Waals surface area contributed by atoms with Crippen molar-refractivity contribution in [1.82, 2.24) is 29.4 Å². The molecule has 0 fully saturated rings. The monoisotopic (exact) mass is 534 g/mol. The van der Waals surface area contributed by atoms with Gasteiger partial charge in [0.15, 0.2) is 23.0 Å². The van der Waals surface area contributed by atoms with E-state index in [0.717, 1.165) is 28.1 Å². The molecule has 0 aliphatic carbocycles. The average Bonchev–Trinajstić information content (AvgIpc) is 3.58. The SMILES string of the molecule is COc1ccc([C@@H]2c3c(C)nn(-c4ccccc4)c3Oc3ncn4nc(-c5ccc(F)cc5)nc4c32)cc1OC. The predicted octanol–water partition coefficient (Wildman–Crippen LogP) is 5.73. The number of ether oxygens (including phenoxy) is 3. The minimum Gasteiger partial charge on any atom is -0.493 e. The maximum atomic E-state index is 13.6. The minimum atomic E-state index is -0.363. The lowest BCUT2D eigenvalue weighted by Crippen LogP contribution is -2.16. The van der Waals surface area contributed by atoms with Crippen molar-refractivity contribution in [3.05, 3.63) is 107 Å². The molecule has 0 amide bonds. The van der Waals surface area contributed by atoms with Crippen molar-refractivity contribution in [2.75, 3.05) is 14.2 Å². The van der Waals surface area contributed by atoms with Crippen LogP contribution in [0.25, 0.3) is 22.7 Å². The minimum absolute atomic E-state index is 0.327. The topological polar surface area (TPSA) is 88.6 Å². The zero-order chi connectivity index (χ0) is 27.4. The number of nitrogens with zero attached hydrogens (tertiary/aromatic N) is 6. The highest BCUT2D eigenvalue weighted by Crippen LogP contribution is 2.50. The number of hydrogen-bond acceptors (Lipinski definition) is 7. The first-order valence-electron chi connectivity index (χ1n) is 12.6. The Hall–Kier alpha value is -5.25. The van der Waals surface area contributed by atoms with Gasteiger partial charge in [0, 0.05) is 5.56 Å². The summed E-state index contributed by atoms with van der Waals surface area (Å²) in [6.07, 6.45) is 1.57. The summed E-state index contributed by atoms with van der Waals surface area (Å²) in [5.74, 6) is 1.94. The highest BCUT2D eigenvalue weighted by atomic mass is 19.1. The average molecular weight is 535 g/mol. The number of hydrogen-bond donors (Lipinski definition) is 0. The van der Waals surface area contributed by atoms with Crippen molar-refractivity contribution in [3.63, 3.8) is 0 Å². The molecular weight excluding hydrogens is 511 g/mol. The van der Waals surface area contributed by atoms with Gasteiger partial charge in [-0.3, -0.25) is 0 Å². The standard InChI is InChI=1S/C30H23FN6O3/c1-17-24-25(19-11-14-22(38-2)23(15-19)39-3)26-28-33-27(18-9-12-20(31)13-10-18)35-36(28)16-32-29(26)40-30(24)37(34-17)21-7-5-4-6-8-21/h4-16,25H,1-3H3/t25-/m1/s1. The molecule has 198 valence electrons. The molecule has 0 saturated carbocycles. The zero-order valence-electron chi connectivity index (χ0n) is 21.9. The predicted molar refractivity (Wildman–Crippen MR) is 145 cm³/mol. The first-order valence-corrected chi connectivity index (χ1v) is 12.6. The van der Waals surface area contributed by atoms with Crippen molar-refractivity contribution in [2.45, 2.75) is 12.8 Å². The number of rotatable bonds is 5. The zero-order valence-corrected chi connectivity index (χ0v) is 21.9. The van der Waals surface area contributed by atoms with Crippen molar-refractivity contribution in [1.29, 1.82) is 0 Å². The van der Waals surface area contributed by atoms with E-state index in [1.165, 1.54) is 12.1 Å². The van der Waals surface area contributed by atoms with Crippen molar-refractivity contribution in [2.24, 2.45) is 0 Å². The molecule has 3 aromatic carbocycles. The first-order chi connectivity index (χ1) is 19.6. The Bertz CT molecular complexity index is 1880. The van der Waals surface area contributed by atoms with Crippen LogP contribution in [0.2, 0.25) is 0 Å². The fourth-order valence-electron chi connectivity index (χ4n) is 5.21. The van der Waals surface area contributed by atoms with Gasteiger partial charge in [0.2, 0.25) is 11.8 Å². The molecule has 1 aliphatic heterocycles. The van der Waals surface area contributed by atoms with Crippen molar-refractivity contribution >= 4 is 5.65 Å². The number of para-hydroxylation sites is 1. The summed E-state index contributed by atoms with van der Waals surface area (Å²) in [5, 5.41) is 9.51. The Morgan fingerprint density at radius 1 is 0.875 bits per heavy atom. The summed E-state index contributed by atoms with van der Waals surface area (Å²) in [6.45, 7) is 1.96. The number of aryl methyl sites for hydroxylation is 1. The fraction of sp³-hybridized carbons (Fsp3) is 0.133. The molecule has 1 aliphatic rings. The van der Waals surface area contributed by atoms with Gasteiger partial charge in [-0.1, -0.05) is 24.3 Å². The quantitative estimate of drug-likeness (QED) is 0.279. The summed E-state index contributed by atoms with van der Waals surface area (Å²) in [4.78, 5) is 9.52. The second kappa shape index (κ2) is 9.19. The van der Waals surface area contributed by atoms with Crippen LogP contribution in [-0.4, -0.2) is 43.6 Å². The van der Waals surface area contributed by atoms with E-state index in [1.807, 2.05) is 55.5 Å². The maximum Gasteiger partial charge on any atom is 0.230 e. The number of methoxy groups -OCH3 is 2. The molecule has 9 nitrogen and oxygen atoms in total. The summed E-state index contributed by atoms with van der Waals surface area (Å²) in [5.41, 5.74) is 5.45. The number of fused-ring (bicyclic) bond motifs is 4. The van der Waals surface area contributed by atoms with Gasteiger partial charge in [0.1, 0.15) is 12.1 Å². The second-order valence-electron chi connectivity index (χ2n) is 9.37. The molecule has 0 radical (unpaired) electrons. The molecular formula is C30H23FN6O3. The summed E-state index contributed by atoms with van der Waals surface area (Å²) in [7, 11) is 3.21. The highest BCUT2D eigenvalue weighted by Gasteiger charge is 2.38. The Balaban J connectivity index is 1.49. The Labute approximate surface area is 228 Å². The second-order valence-corrected chi connectivity index (χ2v) is 9.37. The third-order valence-electron chi connectivity index (χ3n) is 7.06. The van der Waals surface area contributed by atoms with Crippen LogP contribution in [0.4, 0.5) is 4.39 Å². The van der Waals surface area contributed by atoms with Gasteiger partial charge < -0.3 is 14.2 Å². The van der Waals surface area contributed by atoms with Gasteiger partial charge in [-0.05, 0) is 61.0 Å². The molecule has 0 bridgehead atoms. The largest absolute Gasteiger partial charge is 0.493 e. The molecule has 3 aromatic heterocycles. The van der Waals surface area contributed by atoms with Crippen LogP contribution >= 0.6 is 0 Å². The molecule has 4 heterocycles. The van der Waals surface area contributed by atoms with Crippen LogP contribution < -0.4 is 14.2 Å². The number of aromatic nitrogens is 6. The van der Waals surface area contributed by atoms with E-state index in [4.69, 9.17) is 24.3 Å². The maximum absolute atomic E-state index is 13.6. The van der Waals surface area contributed by atoms with E-state index < -0.39 is 0 Å². The first kappa shape index (κ1) is 23.8. The Morgan fingerprint density at radius 3 is 2.40 bits per heavy atom. The third-order valence-corrected chi connectivity index (χ3v) is 7.06. The van der Waals surface area contributed by atoms with Crippen LogP contribution in [0.5, 0.6) is 23.3 Å². The molecule has 40 heavy (non-hydrogen) atoms. The van der Waals surface area contributed by atoms with Gasteiger partial charge in [0.25, 0.3) is 0 Å². The van der Waals surface area contributed by atoms with Crippen LogP contribution in [0.3, 0.4) is 0 Å². The van der Waals surface area contributed by atoms with E-state index in [-0.39, 0.29) is 11.7 Å². The van der Waals surface area contributed by atoms with E-state index in [1.54, 1.807) is 41.9 Å². The molecule has 0 spiro atoms. The third kappa shape index (κ3) is 3.68. The molecule has 1 atom stereocenters. The summed E-state index contributed by atoms with van der Waals surface area (Å²) in [6, 6.07) is 21.7. The Kier molecular flexibility index (Phi) is 5.48. The van der Waals surface area contributed by atoms with Crippen LogP contribution in [0.1, 0.15) is 28.3 Å². The molecule has 6 aromatic rings. The van der Waals surface area contributed by atoms with E-state index in [9.17, 15) is 4.39 Å². The molecule has 7 rings (SSSR count). The normalized spacial score (nSPS) is 13.9. The molecule has 0 saturated heterocycles. The number of halogens is 1. The van der Waals surface area contributed by atoms with Gasteiger partial charge >= 0.3 is 0 Å². The lowest BCUT2D eigenvalue weighted by molar-refractivity contribution is 0.354. The Morgan fingerprint density at radius 2 is 1.65 bits per heavy atom. The lowest BCUT2D eigenvalue weighted by Gasteiger charge is -2.26. The molecule has 10 heteroatoms. The smallest absolute Gasteiger partial charge is 0.230 e. The number of benzene rings is 3. The van der Waals surface area contributed by atoms with E-state index >= 15 is 0 Å². The van der Waals surface area contributed by atoms with Crippen molar-refractivity contribution < 1.29 is 18.6 Å². The summed E-state index contributed by atoms with van der Waals surface area (Å²) < 4.78 is 34.6. The van der Waals surface area contributed by atoms with Crippen LogP contribution in [0.15, 0.2) is 79.1 Å². The van der Waals surface area contributed by atoms with Gasteiger partial charge in [-0.25, -0.2) is 23.6 Å². The van der Waals surface area contributed by atoms with Crippen LogP contribution in [-0.2, 0) is 0 Å². The van der Waals surface area contributed by atoms with Gasteiger partial charge in [0.05, 0.1) is 42.6 Å². The molecule has 0 N–H and O–H groups in total. The van der Waals surface area contributed by atoms with Gasteiger partial charge in [-0.2, -0.15) is 5.10 Å². The van der Waals surface area contributed by atoms with Crippen LogP contribution in [0, 0.1) is 12.7 Å². The fourth-order valence-corrected chi connectivity index (χ4v) is 5.21. The summed E-state index contributed by atoms with van der Waals surface area (Å²) >= 11 is 0.